The average molecular weight is 293 g/mol. The van der Waals surface area contributed by atoms with Crippen LogP contribution in [0.1, 0.15) is 57.9 Å². The first-order valence-corrected chi connectivity index (χ1v) is 8.03. The van der Waals surface area contributed by atoms with Gasteiger partial charge in [0.15, 0.2) is 0 Å². The lowest BCUT2D eigenvalue weighted by atomic mass is 10.1. The molecule has 5 nitrogen and oxygen atoms in total. The van der Waals surface area contributed by atoms with E-state index in [4.69, 9.17) is 4.52 Å². The fraction of sp³-hybridized carbons (Fsp3) is 0.750. The molecule has 2 rings (SSSR count). The maximum Gasteiger partial charge on any atom is 0.237 e. The van der Waals surface area contributed by atoms with Crippen LogP contribution in [0.3, 0.4) is 0 Å². The molecule has 0 spiro atoms. The zero-order valence-corrected chi connectivity index (χ0v) is 13.3. The van der Waals surface area contributed by atoms with Crippen molar-refractivity contribution >= 4 is 5.91 Å². The van der Waals surface area contributed by atoms with Crippen LogP contribution >= 0.6 is 0 Å². The van der Waals surface area contributed by atoms with Crippen LogP contribution in [0.4, 0.5) is 0 Å². The Balaban J connectivity index is 1.73. The van der Waals surface area contributed by atoms with Crippen LogP contribution in [0.5, 0.6) is 0 Å². The summed E-state index contributed by atoms with van der Waals surface area (Å²) in [7, 11) is 0. The quantitative estimate of drug-likeness (QED) is 0.810. The van der Waals surface area contributed by atoms with Gasteiger partial charge in [0.05, 0.1) is 11.7 Å². The maximum atomic E-state index is 12.1. The van der Waals surface area contributed by atoms with Gasteiger partial charge in [-0.25, -0.2) is 0 Å². The van der Waals surface area contributed by atoms with Gasteiger partial charge in [-0.3, -0.25) is 4.79 Å². The van der Waals surface area contributed by atoms with Crippen molar-refractivity contribution in [2.24, 2.45) is 5.92 Å². The van der Waals surface area contributed by atoms with Gasteiger partial charge >= 0.3 is 0 Å². The van der Waals surface area contributed by atoms with Crippen LogP contribution in [0, 0.1) is 5.92 Å². The third-order valence-corrected chi connectivity index (χ3v) is 3.90. The predicted molar refractivity (Wildman–Crippen MR) is 81.7 cm³/mol. The van der Waals surface area contributed by atoms with E-state index in [9.17, 15) is 4.79 Å². The van der Waals surface area contributed by atoms with E-state index < -0.39 is 0 Å². The molecule has 0 aromatic carbocycles. The highest BCUT2D eigenvalue weighted by atomic mass is 16.5. The average Bonchev–Trinajstić information content (AvgIpc) is 3.07. The zero-order chi connectivity index (χ0) is 15.2. The molecule has 118 valence electrons. The summed E-state index contributed by atoms with van der Waals surface area (Å²) in [5.41, 5.74) is 0.853. The van der Waals surface area contributed by atoms with Crippen LogP contribution in [-0.2, 0) is 17.8 Å². The van der Waals surface area contributed by atoms with Crippen LogP contribution in [0.15, 0.2) is 10.6 Å². The number of carbonyl (C=O) groups is 1. The molecule has 0 radical (unpaired) electrons. The molecule has 1 atom stereocenters. The lowest BCUT2D eigenvalue weighted by Crippen LogP contribution is -2.45. The first-order valence-electron chi connectivity index (χ1n) is 8.03. The Morgan fingerprint density at radius 2 is 2.10 bits per heavy atom. The summed E-state index contributed by atoms with van der Waals surface area (Å²) in [5, 5.41) is 10.3. The van der Waals surface area contributed by atoms with Crippen molar-refractivity contribution in [1.29, 1.82) is 0 Å². The second kappa shape index (κ2) is 7.59. The number of aromatic nitrogens is 1. The van der Waals surface area contributed by atoms with Gasteiger partial charge in [-0.1, -0.05) is 31.8 Å². The molecule has 1 aromatic heterocycles. The number of carbonyl (C=O) groups excluding carboxylic acids is 1. The summed E-state index contributed by atoms with van der Waals surface area (Å²) in [6.45, 7) is 6.74. The van der Waals surface area contributed by atoms with Crippen molar-refractivity contribution in [2.45, 2.75) is 71.5 Å². The van der Waals surface area contributed by atoms with Gasteiger partial charge < -0.3 is 15.2 Å². The Morgan fingerprint density at radius 1 is 1.38 bits per heavy atom. The molecule has 1 amide bonds. The summed E-state index contributed by atoms with van der Waals surface area (Å²) in [6, 6.07) is 2.12. The second-order valence-electron chi connectivity index (χ2n) is 6.48. The highest BCUT2D eigenvalue weighted by molar-refractivity contribution is 5.81. The van der Waals surface area contributed by atoms with E-state index in [2.05, 4.69) is 29.6 Å². The molecule has 0 saturated heterocycles. The van der Waals surface area contributed by atoms with Gasteiger partial charge in [0.2, 0.25) is 5.91 Å². The van der Waals surface area contributed by atoms with Crippen LogP contribution < -0.4 is 10.6 Å². The van der Waals surface area contributed by atoms with E-state index in [0.717, 1.165) is 30.7 Å². The van der Waals surface area contributed by atoms with E-state index in [1.54, 1.807) is 0 Å². The maximum absolute atomic E-state index is 12.1. The Kier molecular flexibility index (Phi) is 5.79. The summed E-state index contributed by atoms with van der Waals surface area (Å²) < 4.78 is 5.29. The molecule has 5 heteroatoms. The van der Waals surface area contributed by atoms with Crippen LogP contribution in [0.2, 0.25) is 0 Å². The molecule has 1 aliphatic carbocycles. The van der Waals surface area contributed by atoms with Crippen molar-refractivity contribution < 1.29 is 9.32 Å². The van der Waals surface area contributed by atoms with Crippen molar-refractivity contribution in [1.82, 2.24) is 15.8 Å². The Bertz CT molecular complexity index is 450. The van der Waals surface area contributed by atoms with Crippen molar-refractivity contribution in [3.05, 3.63) is 17.5 Å². The number of hydrogen-bond donors (Lipinski definition) is 2. The van der Waals surface area contributed by atoms with Gasteiger partial charge in [-0.2, -0.15) is 0 Å². The topological polar surface area (TPSA) is 67.2 Å². The Morgan fingerprint density at radius 3 is 2.76 bits per heavy atom. The van der Waals surface area contributed by atoms with Crippen molar-refractivity contribution in [3.8, 4) is 0 Å². The standard InChI is InChI=1S/C16H27N3O2/c1-11(2)8-15-9-14(19-21-15)10-17-12(3)16(20)18-13-6-4-5-7-13/h9,11-13,17H,4-8,10H2,1-3H3,(H,18,20)/t12-/m0/s1. The monoisotopic (exact) mass is 293 g/mol. The van der Waals surface area contributed by atoms with Gasteiger partial charge in [0.1, 0.15) is 5.76 Å². The lowest BCUT2D eigenvalue weighted by Gasteiger charge is -2.17. The molecular formula is C16H27N3O2. The Hall–Kier alpha value is -1.36. The number of nitrogens with zero attached hydrogens (tertiary/aromatic N) is 1. The van der Waals surface area contributed by atoms with E-state index in [1.165, 1.54) is 12.8 Å². The van der Waals surface area contributed by atoms with Gasteiger partial charge in [-0.05, 0) is 25.7 Å². The molecule has 1 saturated carbocycles. The minimum atomic E-state index is -0.212. The lowest BCUT2D eigenvalue weighted by molar-refractivity contribution is -0.123. The number of nitrogens with one attached hydrogen (secondary N) is 2. The summed E-state index contributed by atoms with van der Waals surface area (Å²) in [5.74, 6) is 1.53. The molecular weight excluding hydrogens is 266 g/mol. The molecule has 21 heavy (non-hydrogen) atoms. The van der Waals surface area contributed by atoms with Crippen LogP contribution in [-0.4, -0.2) is 23.1 Å². The normalized spacial score (nSPS) is 17.3. The summed E-state index contributed by atoms with van der Waals surface area (Å²) in [4.78, 5) is 12.1. The molecule has 2 N–H and O–H groups in total. The minimum absolute atomic E-state index is 0.0767. The van der Waals surface area contributed by atoms with Crippen molar-refractivity contribution in [3.63, 3.8) is 0 Å². The van der Waals surface area contributed by atoms with Crippen LogP contribution in [0.25, 0.3) is 0 Å². The molecule has 0 unspecified atom stereocenters. The molecule has 1 heterocycles. The number of rotatable bonds is 7. The fourth-order valence-electron chi connectivity index (χ4n) is 2.68. The first kappa shape index (κ1) is 16.0. The number of hydrogen-bond acceptors (Lipinski definition) is 4. The summed E-state index contributed by atoms with van der Waals surface area (Å²) >= 11 is 0. The van der Waals surface area contributed by atoms with E-state index in [-0.39, 0.29) is 11.9 Å². The molecule has 1 aromatic rings. The fourth-order valence-corrected chi connectivity index (χ4v) is 2.68. The SMILES string of the molecule is CC(C)Cc1cc(CN[C@@H](C)C(=O)NC2CCCC2)no1. The van der Waals surface area contributed by atoms with E-state index in [1.807, 2.05) is 13.0 Å². The first-order chi connectivity index (χ1) is 10.0. The van der Waals surface area contributed by atoms with E-state index >= 15 is 0 Å². The van der Waals surface area contributed by atoms with Gasteiger partial charge in [-0.15, -0.1) is 0 Å². The van der Waals surface area contributed by atoms with Gasteiger partial charge in [0, 0.05) is 25.1 Å². The second-order valence-corrected chi connectivity index (χ2v) is 6.48. The highest BCUT2D eigenvalue weighted by Gasteiger charge is 2.20. The molecule has 0 bridgehead atoms. The predicted octanol–water partition coefficient (Wildman–Crippen LogP) is 2.41. The summed E-state index contributed by atoms with van der Waals surface area (Å²) in [6.07, 6.45) is 5.57. The Labute approximate surface area is 126 Å². The number of amides is 1. The molecule has 1 aliphatic rings. The van der Waals surface area contributed by atoms with Crippen molar-refractivity contribution in [2.75, 3.05) is 0 Å². The zero-order valence-electron chi connectivity index (χ0n) is 13.3. The smallest absolute Gasteiger partial charge is 0.237 e. The third kappa shape index (κ3) is 5.16. The van der Waals surface area contributed by atoms with E-state index in [0.29, 0.717) is 18.5 Å². The largest absolute Gasteiger partial charge is 0.361 e. The highest BCUT2D eigenvalue weighted by Crippen LogP contribution is 2.17. The third-order valence-electron chi connectivity index (χ3n) is 3.90. The minimum Gasteiger partial charge on any atom is -0.361 e. The van der Waals surface area contributed by atoms with Gasteiger partial charge in [0.25, 0.3) is 0 Å². The molecule has 0 aliphatic heterocycles. The molecule has 1 fully saturated rings.